The largest absolute Gasteiger partial charge is 0.493 e. The Bertz CT molecular complexity index is 1700. The van der Waals surface area contributed by atoms with E-state index < -0.39 is 21.4 Å². The van der Waals surface area contributed by atoms with E-state index in [-0.39, 0.29) is 16.9 Å². The van der Waals surface area contributed by atoms with Gasteiger partial charge < -0.3 is 38.6 Å². The Morgan fingerprint density at radius 3 is 2.45 bits per heavy atom. The number of hydrogen-bond acceptors (Lipinski definition) is 10. The summed E-state index contributed by atoms with van der Waals surface area (Å²) in [5, 5.41) is 3.50. The highest BCUT2D eigenvalue weighted by Gasteiger charge is 2.42. The fourth-order valence-electron chi connectivity index (χ4n) is 7.15. The molecule has 0 amide bonds. The predicted molar refractivity (Wildman–Crippen MR) is 198 cm³/mol. The molecule has 6 rings (SSSR count). The van der Waals surface area contributed by atoms with Crippen LogP contribution in [0.4, 0.5) is 5.69 Å². The van der Waals surface area contributed by atoms with E-state index >= 15 is 0 Å². The summed E-state index contributed by atoms with van der Waals surface area (Å²) in [6.07, 6.45) is 3.25. The van der Waals surface area contributed by atoms with Gasteiger partial charge in [0.1, 0.15) is 18.1 Å². The van der Waals surface area contributed by atoms with Gasteiger partial charge in [0.05, 0.1) is 35.9 Å². The first-order chi connectivity index (χ1) is 24.8. The molecule has 0 aromatic heterocycles. The molecule has 3 aromatic rings. The van der Waals surface area contributed by atoms with Crippen LogP contribution in [0.2, 0.25) is 0 Å². The summed E-state index contributed by atoms with van der Waals surface area (Å²) in [5.41, 5.74) is 2.93. The monoisotopic (exact) mass is 722 g/mol. The van der Waals surface area contributed by atoms with Crippen molar-refractivity contribution in [3.63, 3.8) is 0 Å². The lowest BCUT2D eigenvalue weighted by molar-refractivity contribution is -0.0663. The summed E-state index contributed by atoms with van der Waals surface area (Å²) in [7, 11) is -0.644. The lowest BCUT2D eigenvalue weighted by atomic mass is 9.83. The summed E-state index contributed by atoms with van der Waals surface area (Å²) >= 11 is 0. The van der Waals surface area contributed by atoms with Gasteiger partial charge in [-0.05, 0) is 98.0 Å². The van der Waals surface area contributed by atoms with E-state index in [1.165, 1.54) is 12.8 Å². The van der Waals surface area contributed by atoms with Crippen LogP contribution in [0.15, 0.2) is 65.6 Å². The van der Waals surface area contributed by atoms with Gasteiger partial charge in [-0.3, -0.25) is 0 Å². The number of benzene rings is 3. The maximum Gasteiger partial charge on any atom is 0.209 e. The third-order valence-corrected chi connectivity index (χ3v) is 12.1. The predicted octanol–water partition coefficient (Wildman–Crippen LogP) is 5.99. The number of aryl methyl sites for hydroxylation is 2. The van der Waals surface area contributed by atoms with Crippen LogP contribution in [0.25, 0.3) is 0 Å². The number of methoxy groups -OCH3 is 2. The second kappa shape index (κ2) is 17.6. The SMILES string of the molecule is COCCCO[C@@H]1CNC[C@H](OC(c2ccc3c(c2)N(CCCOC)CCO3)S(=O)(=O)c2ccccc2C)[C@H]1c1ccc(OCC2CC2)cc1C. The van der Waals surface area contributed by atoms with E-state index in [9.17, 15) is 8.42 Å². The van der Waals surface area contributed by atoms with Gasteiger partial charge in [0.15, 0.2) is 5.44 Å². The van der Waals surface area contributed by atoms with Gasteiger partial charge in [-0.15, -0.1) is 0 Å². The Labute approximate surface area is 303 Å². The smallest absolute Gasteiger partial charge is 0.209 e. The molecule has 2 fully saturated rings. The van der Waals surface area contributed by atoms with Gasteiger partial charge in [-0.25, -0.2) is 8.42 Å². The van der Waals surface area contributed by atoms with E-state index in [0.717, 1.165) is 54.3 Å². The highest BCUT2D eigenvalue weighted by molar-refractivity contribution is 7.91. The van der Waals surface area contributed by atoms with Crippen molar-refractivity contribution in [3.8, 4) is 11.5 Å². The molecule has 51 heavy (non-hydrogen) atoms. The van der Waals surface area contributed by atoms with Crippen LogP contribution >= 0.6 is 0 Å². The molecule has 1 unspecified atom stereocenters. The average Bonchev–Trinajstić information content (AvgIpc) is 3.97. The lowest BCUT2D eigenvalue weighted by Crippen LogP contribution is -2.51. The number of nitrogens with one attached hydrogen (secondary N) is 1. The zero-order valence-electron chi connectivity index (χ0n) is 30.5. The van der Waals surface area contributed by atoms with Crippen LogP contribution in [0, 0.1) is 19.8 Å². The minimum atomic E-state index is -4.03. The number of fused-ring (bicyclic) bond motifs is 1. The van der Waals surface area contributed by atoms with Crippen molar-refractivity contribution in [2.45, 2.75) is 68.0 Å². The maximum atomic E-state index is 14.8. The third kappa shape index (κ3) is 9.25. The first kappa shape index (κ1) is 37.6. The van der Waals surface area contributed by atoms with Crippen molar-refractivity contribution >= 4 is 15.5 Å². The number of anilines is 1. The molecule has 11 heteroatoms. The molecule has 1 aliphatic carbocycles. The van der Waals surface area contributed by atoms with Gasteiger partial charge in [-0.1, -0.05) is 30.3 Å². The summed E-state index contributed by atoms with van der Waals surface area (Å²) < 4.78 is 66.0. The molecule has 0 spiro atoms. The van der Waals surface area contributed by atoms with Crippen LogP contribution in [0.5, 0.6) is 11.5 Å². The van der Waals surface area contributed by atoms with Crippen molar-refractivity contribution < 1.29 is 36.8 Å². The molecular formula is C40H54N2O8S. The van der Waals surface area contributed by atoms with Crippen LogP contribution in [0.1, 0.15) is 59.3 Å². The van der Waals surface area contributed by atoms with E-state index in [1.807, 2.05) is 43.3 Å². The number of nitrogens with zero attached hydrogens (tertiary/aromatic N) is 1. The van der Waals surface area contributed by atoms with Crippen molar-refractivity contribution in [1.82, 2.24) is 5.32 Å². The molecule has 1 saturated heterocycles. The summed E-state index contributed by atoms with van der Waals surface area (Å²) in [6, 6.07) is 19.0. The highest BCUT2D eigenvalue weighted by atomic mass is 32.2. The van der Waals surface area contributed by atoms with Crippen molar-refractivity contribution in [3.05, 3.63) is 82.9 Å². The first-order valence-electron chi connectivity index (χ1n) is 18.3. The third-order valence-electron chi connectivity index (χ3n) is 10.1. The van der Waals surface area contributed by atoms with E-state index in [4.69, 9.17) is 28.4 Å². The summed E-state index contributed by atoms with van der Waals surface area (Å²) in [6.45, 7) is 9.49. The van der Waals surface area contributed by atoms with Gasteiger partial charge in [0.25, 0.3) is 0 Å². The van der Waals surface area contributed by atoms with Gasteiger partial charge in [0, 0.05) is 59.6 Å². The number of ether oxygens (including phenoxy) is 6. The number of rotatable bonds is 18. The Morgan fingerprint density at radius 2 is 1.69 bits per heavy atom. The minimum absolute atomic E-state index is 0.243. The van der Waals surface area contributed by atoms with Crippen molar-refractivity contribution in [1.29, 1.82) is 0 Å². The molecule has 3 aromatic carbocycles. The van der Waals surface area contributed by atoms with Crippen LogP contribution < -0.4 is 19.7 Å². The standard InChI is InChI=1S/C40H54N2O8S/c1-28-9-5-6-10-38(28)51(43,44)40(31-13-16-35-34(24-31)42(18-22-48-35)17-7-19-45-3)50-37-26-41-25-36(47-21-8-20-46-4)39(37)33-15-14-32(23-29(33)2)49-27-30-11-12-30/h5-6,9-10,13-16,23-24,30,36-37,39-41H,7-8,11-12,17-22,25-27H2,1-4H3/t36-,37+,39+,40?/m1/s1. The molecule has 3 aliphatic rings. The first-order valence-corrected chi connectivity index (χ1v) is 19.8. The van der Waals surface area contributed by atoms with Crippen molar-refractivity contribution in [2.75, 3.05) is 78.3 Å². The molecule has 0 bridgehead atoms. The maximum absolute atomic E-state index is 14.8. The van der Waals surface area contributed by atoms with E-state index in [1.54, 1.807) is 26.4 Å². The fraction of sp³-hybridized carbons (Fsp3) is 0.550. The summed E-state index contributed by atoms with van der Waals surface area (Å²) in [4.78, 5) is 2.49. The van der Waals surface area contributed by atoms with Crippen LogP contribution in [0.3, 0.4) is 0 Å². The zero-order chi connectivity index (χ0) is 35.8. The van der Waals surface area contributed by atoms with Crippen LogP contribution in [-0.2, 0) is 28.8 Å². The second-order valence-corrected chi connectivity index (χ2v) is 15.9. The molecule has 0 radical (unpaired) electrons. The average molecular weight is 723 g/mol. The Morgan fingerprint density at radius 1 is 0.902 bits per heavy atom. The van der Waals surface area contributed by atoms with Crippen LogP contribution in [-0.4, -0.2) is 94.1 Å². The van der Waals surface area contributed by atoms with Gasteiger partial charge in [0.2, 0.25) is 9.84 Å². The molecule has 2 heterocycles. The quantitative estimate of drug-likeness (QED) is 0.158. The Kier molecular flexibility index (Phi) is 12.9. The molecule has 4 atom stereocenters. The lowest BCUT2D eigenvalue weighted by Gasteiger charge is -2.41. The fourth-order valence-corrected chi connectivity index (χ4v) is 8.96. The minimum Gasteiger partial charge on any atom is -0.493 e. The molecule has 278 valence electrons. The molecule has 1 N–H and O–H groups in total. The van der Waals surface area contributed by atoms with Gasteiger partial charge in [-0.2, -0.15) is 0 Å². The van der Waals surface area contributed by atoms with Crippen molar-refractivity contribution in [2.24, 2.45) is 5.92 Å². The number of sulfone groups is 1. The summed E-state index contributed by atoms with van der Waals surface area (Å²) in [5.74, 6) is 1.98. The number of piperidine rings is 1. The molecule has 2 aliphatic heterocycles. The molecular weight excluding hydrogens is 669 g/mol. The highest BCUT2D eigenvalue weighted by Crippen LogP contribution is 2.42. The molecule has 10 nitrogen and oxygen atoms in total. The molecule has 1 saturated carbocycles. The zero-order valence-corrected chi connectivity index (χ0v) is 31.3. The second-order valence-electron chi connectivity index (χ2n) is 13.9. The van der Waals surface area contributed by atoms with E-state index in [2.05, 4.69) is 29.3 Å². The Balaban J connectivity index is 1.38. The number of hydrogen-bond donors (Lipinski definition) is 1. The Hall–Kier alpha value is -3.19. The normalized spacial score (nSPS) is 21.2. The van der Waals surface area contributed by atoms with Gasteiger partial charge >= 0.3 is 0 Å². The van der Waals surface area contributed by atoms with E-state index in [0.29, 0.717) is 63.1 Å². The topological polar surface area (TPSA) is 105 Å².